The Kier molecular flexibility index (Phi) is 5.86. The lowest BCUT2D eigenvalue weighted by Gasteiger charge is -2.18. The Morgan fingerprint density at radius 3 is 2.44 bits per heavy atom. The molecule has 0 radical (unpaired) electrons. The summed E-state index contributed by atoms with van der Waals surface area (Å²) < 4.78 is 37.4. The molecule has 2 N–H and O–H groups in total. The first kappa shape index (κ1) is 19.0. The van der Waals surface area contributed by atoms with E-state index in [-0.39, 0.29) is 24.0 Å². The van der Waals surface area contributed by atoms with E-state index in [9.17, 15) is 13.2 Å². The maximum absolute atomic E-state index is 12.1. The van der Waals surface area contributed by atoms with E-state index in [0.29, 0.717) is 5.75 Å². The van der Waals surface area contributed by atoms with Gasteiger partial charge in [-0.3, -0.25) is 4.79 Å². The van der Waals surface area contributed by atoms with E-state index in [1.807, 2.05) is 30.3 Å². The van der Waals surface area contributed by atoms with Crippen molar-refractivity contribution in [1.29, 1.82) is 0 Å². The SMILES string of the molecule is CC(C)(C)NS(=O)(=O)c1ccc(C(=O)NCCOc2ccccc2)o1. The van der Waals surface area contributed by atoms with Gasteiger partial charge in [0.2, 0.25) is 5.09 Å². The minimum atomic E-state index is -3.81. The molecule has 2 aromatic rings. The number of hydrogen-bond donors (Lipinski definition) is 2. The summed E-state index contributed by atoms with van der Waals surface area (Å²) in [6.07, 6.45) is 0. The average molecular weight is 366 g/mol. The summed E-state index contributed by atoms with van der Waals surface area (Å²) in [5.41, 5.74) is -0.650. The summed E-state index contributed by atoms with van der Waals surface area (Å²) in [6.45, 7) is 5.69. The Morgan fingerprint density at radius 1 is 1.12 bits per heavy atom. The van der Waals surface area contributed by atoms with Crippen LogP contribution in [0, 0.1) is 0 Å². The number of benzene rings is 1. The van der Waals surface area contributed by atoms with E-state index in [0.717, 1.165) is 0 Å². The van der Waals surface area contributed by atoms with Gasteiger partial charge in [0.1, 0.15) is 12.4 Å². The molecule has 0 aliphatic carbocycles. The summed E-state index contributed by atoms with van der Waals surface area (Å²) in [5, 5.41) is 2.31. The fraction of sp³-hybridized carbons (Fsp3) is 0.353. The first-order valence-electron chi connectivity index (χ1n) is 7.77. The molecule has 8 heteroatoms. The zero-order valence-electron chi connectivity index (χ0n) is 14.4. The van der Waals surface area contributed by atoms with Gasteiger partial charge in [0, 0.05) is 5.54 Å². The standard InChI is InChI=1S/C17H22N2O5S/c1-17(2,3)19-25(21,22)15-10-9-14(24-15)16(20)18-11-12-23-13-7-5-4-6-8-13/h4-10,19H,11-12H2,1-3H3,(H,18,20). The van der Waals surface area contributed by atoms with Crippen LogP contribution in [0.25, 0.3) is 0 Å². The number of nitrogens with one attached hydrogen (secondary N) is 2. The minimum Gasteiger partial charge on any atom is -0.492 e. The highest BCUT2D eigenvalue weighted by Crippen LogP contribution is 2.16. The van der Waals surface area contributed by atoms with E-state index in [2.05, 4.69) is 10.0 Å². The monoisotopic (exact) mass is 366 g/mol. The molecular formula is C17H22N2O5S. The van der Waals surface area contributed by atoms with Gasteiger partial charge in [-0.25, -0.2) is 13.1 Å². The van der Waals surface area contributed by atoms with Crippen LogP contribution in [-0.2, 0) is 10.0 Å². The Balaban J connectivity index is 1.88. The molecule has 0 unspecified atom stereocenters. The molecule has 0 fully saturated rings. The van der Waals surface area contributed by atoms with Crippen molar-refractivity contribution < 1.29 is 22.4 Å². The van der Waals surface area contributed by atoms with Crippen LogP contribution in [0.2, 0.25) is 0 Å². The normalized spacial score (nSPS) is 12.0. The molecule has 1 aromatic heterocycles. The van der Waals surface area contributed by atoms with E-state index in [1.54, 1.807) is 20.8 Å². The van der Waals surface area contributed by atoms with Gasteiger partial charge in [0.05, 0.1) is 6.54 Å². The first-order valence-corrected chi connectivity index (χ1v) is 9.25. The third-order valence-corrected chi connectivity index (χ3v) is 4.54. The molecule has 0 saturated carbocycles. The summed E-state index contributed by atoms with van der Waals surface area (Å²) in [6, 6.07) is 11.8. The molecule has 0 saturated heterocycles. The van der Waals surface area contributed by atoms with Crippen LogP contribution < -0.4 is 14.8 Å². The number of carbonyl (C=O) groups excluding carboxylic acids is 1. The maximum Gasteiger partial charge on any atom is 0.287 e. The molecule has 7 nitrogen and oxygen atoms in total. The topological polar surface area (TPSA) is 97.6 Å². The van der Waals surface area contributed by atoms with Crippen LogP contribution in [0.1, 0.15) is 31.3 Å². The summed E-state index contributed by atoms with van der Waals surface area (Å²) in [5.74, 6) is 0.124. The Hall–Kier alpha value is -2.32. The molecule has 0 aliphatic heterocycles. The number of ether oxygens (including phenoxy) is 1. The quantitative estimate of drug-likeness (QED) is 0.732. The Morgan fingerprint density at radius 2 is 1.80 bits per heavy atom. The zero-order valence-corrected chi connectivity index (χ0v) is 15.2. The van der Waals surface area contributed by atoms with Crippen molar-refractivity contribution in [2.45, 2.75) is 31.4 Å². The van der Waals surface area contributed by atoms with Gasteiger partial charge in [-0.15, -0.1) is 0 Å². The van der Waals surface area contributed by atoms with E-state index < -0.39 is 21.5 Å². The number of para-hydroxylation sites is 1. The largest absolute Gasteiger partial charge is 0.492 e. The highest BCUT2D eigenvalue weighted by molar-refractivity contribution is 7.89. The van der Waals surface area contributed by atoms with Crippen LogP contribution in [0.4, 0.5) is 0 Å². The summed E-state index contributed by atoms with van der Waals surface area (Å²) in [7, 11) is -3.81. The lowest BCUT2D eigenvalue weighted by atomic mass is 10.1. The number of amides is 1. The molecule has 1 heterocycles. The second-order valence-electron chi connectivity index (χ2n) is 6.39. The van der Waals surface area contributed by atoms with E-state index in [4.69, 9.17) is 9.15 Å². The van der Waals surface area contributed by atoms with Gasteiger partial charge in [-0.1, -0.05) is 18.2 Å². The third kappa shape index (κ3) is 5.91. The number of sulfonamides is 1. The molecule has 0 spiro atoms. The van der Waals surface area contributed by atoms with Crippen molar-refractivity contribution in [1.82, 2.24) is 10.0 Å². The lowest BCUT2D eigenvalue weighted by Crippen LogP contribution is -2.40. The van der Waals surface area contributed by atoms with Gasteiger partial charge in [-0.2, -0.15) is 0 Å². The lowest BCUT2D eigenvalue weighted by molar-refractivity contribution is 0.0914. The predicted molar refractivity (Wildman–Crippen MR) is 93.1 cm³/mol. The highest BCUT2D eigenvalue weighted by atomic mass is 32.2. The number of furan rings is 1. The first-order chi connectivity index (χ1) is 11.7. The fourth-order valence-corrected chi connectivity index (χ4v) is 3.33. The number of rotatable bonds is 7. The molecule has 0 bridgehead atoms. The van der Waals surface area contributed by atoms with Gasteiger partial charge in [-0.05, 0) is 45.0 Å². The molecular weight excluding hydrogens is 344 g/mol. The minimum absolute atomic E-state index is 0.0750. The smallest absolute Gasteiger partial charge is 0.287 e. The summed E-state index contributed by atoms with van der Waals surface area (Å²) >= 11 is 0. The summed E-state index contributed by atoms with van der Waals surface area (Å²) in [4.78, 5) is 12.0. The molecule has 0 aliphatic rings. The second kappa shape index (κ2) is 7.71. The van der Waals surface area contributed by atoms with Crippen molar-refractivity contribution in [3.8, 4) is 5.75 Å². The van der Waals surface area contributed by atoms with Gasteiger partial charge >= 0.3 is 0 Å². The fourth-order valence-electron chi connectivity index (χ4n) is 1.98. The Labute approximate surface area is 147 Å². The van der Waals surface area contributed by atoms with Crippen molar-refractivity contribution in [2.24, 2.45) is 0 Å². The van der Waals surface area contributed by atoms with E-state index in [1.165, 1.54) is 12.1 Å². The van der Waals surface area contributed by atoms with Crippen molar-refractivity contribution >= 4 is 15.9 Å². The van der Waals surface area contributed by atoms with Crippen molar-refractivity contribution in [3.63, 3.8) is 0 Å². The molecule has 1 aromatic carbocycles. The van der Waals surface area contributed by atoms with Crippen LogP contribution in [0.15, 0.2) is 52.0 Å². The number of hydrogen-bond acceptors (Lipinski definition) is 5. The van der Waals surface area contributed by atoms with Gasteiger partial charge in [0.25, 0.3) is 15.9 Å². The molecule has 1 amide bonds. The van der Waals surface area contributed by atoms with Gasteiger partial charge in [0.15, 0.2) is 5.76 Å². The van der Waals surface area contributed by atoms with E-state index >= 15 is 0 Å². The number of carbonyl (C=O) groups is 1. The third-order valence-electron chi connectivity index (χ3n) is 2.91. The Bertz CT molecular complexity index is 807. The maximum atomic E-state index is 12.1. The van der Waals surface area contributed by atoms with Crippen LogP contribution >= 0.6 is 0 Å². The average Bonchev–Trinajstić information content (AvgIpc) is 3.01. The molecule has 25 heavy (non-hydrogen) atoms. The van der Waals surface area contributed by atoms with Crippen LogP contribution in [0.3, 0.4) is 0 Å². The zero-order chi connectivity index (χ0) is 18.5. The molecule has 2 rings (SSSR count). The van der Waals surface area contributed by atoms with Crippen molar-refractivity contribution in [3.05, 3.63) is 48.2 Å². The predicted octanol–water partition coefficient (Wildman–Crippen LogP) is 2.17. The highest BCUT2D eigenvalue weighted by Gasteiger charge is 2.26. The van der Waals surface area contributed by atoms with Crippen LogP contribution in [-0.4, -0.2) is 33.0 Å². The molecule has 0 atom stereocenters. The van der Waals surface area contributed by atoms with Crippen LogP contribution in [0.5, 0.6) is 5.75 Å². The van der Waals surface area contributed by atoms with Crippen molar-refractivity contribution in [2.75, 3.05) is 13.2 Å². The molecule has 136 valence electrons. The second-order valence-corrected chi connectivity index (χ2v) is 8.00. The van der Waals surface area contributed by atoms with Gasteiger partial charge < -0.3 is 14.5 Å².